The Morgan fingerprint density at radius 3 is 2.62 bits per heavy atom. The molecule has 0 aliphatic heterocycles. The van der Waals surface area contributed by atoms with Crippen LogP contribution in [0.5, 0.6) is 0 Å². The van der Waals surface area contributed by atoms with Crippen LogP contribution < -0.4 is 10.0 Å². The smallest absolute Gasteiger partial charge is 0.275 e. The van der Waals surface area contributed by atoms with Crippen molar-refractivity contribution in [3.8, 4) is 0 Å². The molecular weight excluding hydrogens is 292 g/mol. The minimum atomic E-state index is -3.55. The summed E-state index contributed by atoms with van der Waals surface area (Å²) >= 11 is 0. The first kappa shape index (κ1) is 15.2. The second-order valence-electron chi connectivity index (χ2n) is 4.56. The largest absolute Gasteiger partial charge is 0.340 e. The number of carbonyl (C=O) groups is 1. The zero-order chi connectivity index (χ0) is 15.6. The normalized spacial score (nSPS) is 11.4. The Labute approximate surface area is 123 Å². The Kier molecular flexibility index (Phi) is 4.10. The van der Waals surface area contributed by atoms with Crippen LogP contribution >= 0.6 is 0 Å². The van der Waals surface area contributed by atoms with Crippen LogP contribution in [0.3, 0.4) is 0 Å². The molecule has 0 fully saturated rings. The van der Waals surface area contributed by atoms with E-state index < -0.39 is 15.9 Å². The van der Waals surface area contributed by atoms with Crippen LogP contribution in [-0.4, -0.2) is 30.9 Å². The summed E-state index contributed by atoms with van der Waals surface area (Å²) in [7, 11) is -0.461. The minimum Gasteiger partial charge on any atom is -0.340 e. The van der Waals surface area contributed by atoms with E-state index in [1.807, 2.05) is 0 Å². The Bertz CT molecular complexity index is 780. The lowest BCUT2D eigenvalue weighted by atomic mass is 10.2. The fourth-order valence-corrected chi connectivity index (χ4v) is 2.49. The summed E-state index contributed by atoms with van der Waals surface area (Å²) in [5.74, 6) is -0.391. The van der Waals surface area contributed by atoms with Gasteiger partial charge in [0.15, 0.2) is 0 Å². The van der Waals surface area contributed by atoms with Gasteiger partial charge in [0, 0.05) is 18.9 Å². The van der Waals surface area contributed by atoms with E-state index in [1.165, 1.54) is 25.5 Å². The average Bonchev–Trinajstić information content (AvgIpc) is 2.87. The van der Waals surface area contributed by atoms with Gasteiger partial charge < -0.3 is 9.88 Å². The zero-order valence-electron chi connectivity index (χ0n) is 11.9. The lowest BCUT2D eigenvalue weighted by Gasteiger charge is -2.10. The summed E-state index contributed by atoms with van der Waals surface area (Å²) < 4.78 is 27.5. The van der Waals surface area contributed by atoms with Crippen LogP contribution in [0.2, 0.25) is 0 Å². The monoisotopic (exact) mass is 308 g/mol. The molecule has 1 aromatic heterocycles. The van der Waals surface area contributed by atoms with E-state index in [2.05, 4.69) is 15.0 Å². The third kappa shape index (κ3) is 3.29. The lowest BCUT2D eigenvalue weighted by Crippen LogP contribution is -2.19. The molecule has 1 heterocycles. The highest BCUT2D eigenvalue weighted by Crippen LogP contribution is 2.20. The van der Waals surface area contributed by atoms with E-state index in [0.717, 1.165) is 5.56 Å². The Hall–Kier alpha value is -2.19. The van der Waals surface area contributed by atoms with E-state index in [1.54, 1.807) is 30.8 Å². The molecule has 0 aliphatic rings. The SMILES string of the molecule is CNS(=O)(=O)c1ccc(C)c(NC(=O)c2cn(C)cn2)c1. The molecule has 1 aromatic carbocycles. The number of aryl methyl sites for hydroxylation is 2. The van der Waals surface area contributed by atoms with Crippen LogP contribution in [0.15, 0.2) is 35.6 Å². The number of imidazole rings is 1. The topological polar surface area (TPSA) is 93.1 Å². The minimum absolute atomic E-state index is 0.0897. The Balaban J connectivity index is 2.32. The van der Waals surface area contributed by atoms with Crippen LogP contribution in [0.25, 0.3) is 0 Å². The Morgan fingerprint density at radius 1 is 1.33 bits per heavy atom. The number of amides is 1. The fraction of sp³-hybridized carbons (Fsp3) is 0.231. The second kappa shape index (κ2) is 5.66. The van der Waals surface area contributed by atoms with Crippen molar-refractivity contribution in [2.24, 2.45) is 7.05 Å². The van der Waals surface area contributed by atoms with Gasteiger partial charge in [-0.25, -0.2) is 18.1 Å². The molecule has 21 heavy (non-hydrogen) atoms. The quantitative estimate of drug-likeness (QED) is 0.877. The van der Waals surface area contributed by atoms with Gasteiger partial charge in [-0.05, 0) is 31.7 Å². The predicted octanol–water partition coefficient (Wildman–Crippen LogP) is 0.889. The summed E-state index contributed by atoms with van der Waals surface area (Å²) in [5.41, 5.74) is 1.45. The number of sulfonamides is 1. The molecule has 112 valence electrons. The molecule has 1 amide bonds. The lowest BCUT2D eigenvalue weighted by molar-refractivity contribution is 0.102. The standard InChI is InChI=1S/C13H16N4O3S/c1-9-4-5-10(21(19,20)14-2)6-11(9)16-13(18)12-7-17(3)8-15-12/h4-8,14H,1-3H3,(H,16,18). The second-order valence-corrected chi connectivity index (χ2v) is 6.45. The van der Waals surface area contributed by atoms with Gasteiger partial charge in [0.1, 0.15) is 5.69 Å². The maximum absolute atomic E-state index is 12.1. The molecule has 0 spiro atoms. The number of hydrogen-bond acceptors (Lipinski definition) is 4. The summed E-state index contributed by atoms with van der Waals surface area (Å²) in [6.45, 7) is 1.78. The molecular formula is C13H16N4O3S. The molecule has 0 unspecified atom stereocenters. The predicted molar refractivity (Wildman–Crippen MR) is 78.6 cm³/mol. The molecule has 0 bridgehead atoms. The van der Waals surface area contributed by atoms with E-state index in [4.69, 9.17) is 0 Å². The van der Waals surface area contributed by atoms with Gasteiger partial charge in [0.05, 0.1) is 11.2 Å². The van der Waals surface area contributed by atoms with Gasteiger partial charge in [0.2, 0.25) is 10.0 Å². The highest BCUT2D eigenvalue weighted by molar-refractivity contribution is 7.89. The van der Waals surface area contributed by atoms with Gasteiger partial charge in [-0.15, -0.1) is 0 Å². The third-order valence-corrected chi connectivity index (χ3v) is 4.39. The van der Waals surface area contributed by atoms with Gasteiger partial charge in [-0.1, -0.05) is 6.07 Å². The highest BCUT2D eigenvalue weighted by Gasteiger charge is 2.15. The van der Waals surface area contributed by atoms with Gasteiger partial charge >= 0.3 is 0 Å². The molecule has 0 aliphatic carbocycles. The molecule has 2 aromatic rings. The molecule has 8 heteroatoms. The number of benzene rings is 1. The first-order chi connectivity index (χ1) is 9.83. The van der Waals surface area contributed by atoms with Crippen molar-refractivity contribution in [3.63, 3.8) is 0 Å². The molecule has 7 nitrogen and oxygen atoms in total. The van der Waals surface area contributed by atoms with Crippen LogP contribution in [0.1, 0.15) is 16.1 Å². The van der Waals surface area contributed by atoms with Gasteiger partial charge in [0.25, 0.3) is 5.91 Å². The third-order valence-electron chi connectivity index (χ3n) is 2.97. The van der Waals surface area contributed by atoms with Crippen molar-refractivity contribution in [2.45, 2.75) is 11.8 Å². The van der Waals surface area contributed by atoms with Crippen molar-refractivity contribution in [1.82, 2.24) is 14.3 Å². The first-order valence-corrected chi connectivity index (χ1v) is 7.65. The molecule has 0 saturated heterocycles. The van der Waals surface area contributed by atoms with Crippen LogP contribution in [0.4, 0.5) is 5.69 Å². The van der Waals surface area contributed by atoms with Gasteiger partial charge in [-0.3, -0.25) is 4.79 Å². The van der Waals surface area contributed by atoms with Crippen LogP contribution in [0, 0.1) is 6.92 Å². The van der Waals surface area contributed by atoms with E-state index >= 15 is 0 Å². The van der Waals surface area contributed by atoms with E-state index in [0.29, 0.717) is 5.69 Å². The first-order valence-electron chi connectivity index (χ1n) is 6.17. The van der Waals surface area contributed by atoms with Crippen molar-refractivity contribution in [2.75, 3.05) is 12.4 Å². The molecule has 2 N–H and O–H groups in total. The van der Waals surface area contributed by atoms with Crippen molar-refractivity contribution in [3.05, 3.63) is 42.0 Å². The maximum Gasteiger partial charge on any atom is 0.275 e. The Morgan fingerprint density at radius 2 is 2.05 bits per heavy atom. The molecule has 0 saturated carbocycles. The zero-order valence-corrected chi connectivity index (χ0v) is 12.7. The summed E-state index contributed by atoms with van der Waals surface area (Å²) in [4.78, 5) is 16.1. The van der Waals surface area contributed by atoms with Crippen molar-refractivity contribution >= 4 is 21.6 Å². The number of nitrogens with one attached hydrogen (secondary N) is 2. The molecule has 2 rings (SSSR count). The highest BCUT2D eigenvalue weighted by atomic mass is 32.2. The fourth-order valence-electron chi connectivity index (χ4n) is 1.74. The number of aromatic nitrogens is 2. The van der Waals surface area contributed by atoms with E-state index in [9.17, 15) is 13.2 Å². The van der Waals surface area contributed by atoms with Crippen molar-refractivity contribution < 1.29 is 13.2 Å². The van der Waals surface area contributed by atoms with E-state index in [-0.39, 0.29) is 10.6 Å². The molecule has 0 atom stereocenters. The average molecular weight is 308 g/mol. The summed E-state index contributed by atoms with van der Waals surface area (Å²) in [6.07, 6.45) is 3.10. The van der Waals surface area contributed by atoms with Crippen LogP contribution in [-0.2, 0) is 17.1 Å². The van der Waals surface area contributed by atoms with Crippen molar-refractivity contribution in [1.29, 1.82) is 0 Å². The summed E-state index contributed by atoms with van der Waals surface area (Å²) in [6, 6.07) is 4.54. The summed E-state index contributed by atoms with van der Waals surface area (Å²) in [5, 5.41) is 2.67. The number of nitrogens with zero attached hydrogens (tertiary/aromatic N) is 2. The number of rotatable bonds is 4. The number of carbonyl (C=O) groups excluding carboxylic acids is 1. The number of hydrogen-bond donors (Lipinski definition) is 2. The number of anilines is 1. The molecule has 0 radical (unpaired) electrons. The maximum atomic E-state index is 12.1. The van der Waals surface area contributed by atoms with Gasteiger partial charge in [-0.2, -0.15) is 0 Å².